The van der Waals surface area contributed by atoms with Gasteiger partial charge in [-0.2, -0.15) is 0 Å². The molecule has 1 aromatic heterocycles. The summed E-state index contributed by atoms with van der Waals surface area (Å²) in [7, 11) is 0. The van der Waals surface area contributed by atoms with Crippen molar-refractivity contribution in [3.8, 4) is 0 Å². The highest BCUT2D eigenvalue weighted by Gasteiger charge is 2.40. The van der Waals surface area contributed by atoms with E-state index in [1.165, 1.54) is 31.4 Å². The predicted molar refractivity (Wildman–Crippen MR) is 85.1 cm³/mol. The Labute approximate surface area is 132 Å². The van der Waals surface area contributed by atoms with Crippen LogP contribution in [-0.2, 0) is 11.3 Å². The summed E-state index contributed by atoms with van der Waals surface area (Å²) >= 11 is 0. The molecule has 1 amide bonds. The molecule has 3 aliphatic rings. The first-order chi connectivity index (χ1) is 10.8. The third kappa shape index (κ3) is 3.02. The lowest BCUT2D eigenvalue weighted by Gasteiger charge is -2.47. The molecule has 2 aliphatic carbocycles. The van der Waals surface area contributed by atoms with Crippen LogP contribution in [0, 0.1) is 11.8 Å². The Morgan fingerprint density at radius 3 is 2.50 bits per heavy atom. The number of pyridine rings is 1. The summed E-state index contributed by atoms with van der Waals surface area (Å²) < 4.78 is 0. The Balaban J connectivity index is 1.34. The number of nitrogens with zero attached hydrogens (tertiary/aromatic N) is 3. The van der Waals surface area contributed by atoms with Gasteiger partial charge in [0.25, 0.3) is 0 Å². The first-order valence-electron chi connectivity index (χ1n) is 8.71. The van der Waals surface area contributed by atoms with Gasteiger partial charge in [-0.3, -0.25) is 14.7 Å². The average molecular weight is 299 g/mol. The Hall–Kier alpha value is -1.42. The van der Waals surface area contributed by atoms with E-state index < -0.39 is 0 Å². The Morgan fingerprint density at radius 2 is 1.91 bits per heavy atom. The van der Waals surface area contributed by atoms with Crippen molar-refractivity contribution < 1.29 is 4.79 Å². The minimum absolute atomic E-state index is 0.345. The molecule has 3 fully saturated rings. The van der Waals surface area contributed by atoms with Crippen LogP contribution in [0.3, 0.4) is 0 Å². The predicted octanol–water partition coefficient (Wildman–Crippen LogP) is 2.30. The number of likely N-dealkylation sites (tertiary alicyclic amines) is 1. The molecular weight excluding hydrogens is 274 g/mol. The number of amides is 1. The van der Waals surface area contributed by atoms with E-state index in [2.05, 4.69) is 26.9 Å². The van der Waals surface area contributed by atoms with E-state index in [1.54, 1.807) is 0 Å². The quantitative estimate of drug-likeness (QED) is 0.809. The van der Waals surface area contributed by atoms with Crippen LogP contribution in [0.25, 0.3) is 0 Å². The fraction of sp³-hybridized carbons (Fsp3) is 0.667. The molecule has 1 aliphatic heterocycles. The minimum atomic E-state index is 0.345. The lowest BCUT2D eigenvalue weighted by Crippen LogP contribution is -2.62. The third-order valence-corrected chi connectivity index (χ3v) is 5.47. The normalized spacial score (nSPS) is 22.5. The van der Waals surface area contributed by atoms with Gasteiger partial charge in [-0.05, 0) is 49.3 Å². The number of aromatic nitrogens is 1. The van der Waals surface area contributed by atoms with Gasteiger partial charge in [0.1, 0.15) is 0 Å². The summed E-state index contributed by atoms with van der Waals surface area (Å²) in [6.07, 6.45) is 9.97. The van der Waals surface area contributed by atoms with Crippen LogP contribution in [0.1, 0.15) is 37.7 Å². The molecule has 4 rings (SSSR count). The SMILES string of the molecule is O=C(C1CCC1)N1CC(N(Cc2ccncc2)CC2CC2)C1. The number of carbonyl (C=O) groups excluding carboxylic acids is 1. The second-order valence-electron chi connectivity index (χ2n) is 7.25. The summed E-state index contributed by atoms with van der Waals surface area (Å²) in [5, 5.41) is 0. The highest BCUT2D eigenvalue weighted by Crippen LogP contribution is 2.34. The summed E-state index contributed by atoms with van der Waals surface area (Å²) in [5.41, 5.74) is 1.33. The topological polar surface area (TPSA) is 36.4 Å². The monoisotopic (exact) mass is 299 g/mol. The molecule has 1 saturated heterocycles. The molecule has 0 N–H and O–H groups in total. The number of hydrogen-bond donors (Lipinski definition) is 0. The van der Waals surface area contributed by atoms with E-state index in [0.29, 0.717) is 17.9 Å². The van der Waals surface area contributed by atoms with E-state index in [-0.39, 0.29) is 0 Å². The summed E-state index contributed by atoms with van der Waals surface area (Å²) in [5.74, 6) is 1.65. The van der Waals surface area contributed by atoms with Crippen LogP contribution in [0.2, 0.25) is 0 Å². The average Bonchev–Trinajstić information content (AvgIpc) is 3.20. The first-order valence-corrected chi connectivity index (χ1v) is 8.71. The molecule has 2 heterocycles. The van der Waals surface area contributed by atoms with Crippen LogP contribution in [-0.4, -0.2) is 46.4 Å². The van der Waals surface area contributed by atoms with Crippen molar-refractivity contribution in [2.45, 2.75) is 44.7 Å². The van der Waals surface area contributed by atoms with Gasteiger partial charge in [0.2, 0.25) is 5.91 Å². The zero-order valence-corrected chi connectivity index (χ0v) is 13.2. The maximum absolute atomic E-state index is 12.3. The molecular formula is C18H25N3O. The van der Waals surface area contributed by atoms with Crippen molar-refractivity contribution in [2.24, 2.45) is 11.8 Å². The van der Waals surface area contributed by atoms with Crippen LogP contribution < -0.4 is 0 Å². The number of rotatable bonds is 6. The van der Waals surface area contributed by atoms with Gasteiger partial charge in [-0.25, -0.2) is 0 Å². The van der Waals surface area contributed by atoms with E-state index >= 15 is 0 Å². The minimum Gasteiger partial charge on any atom is -0.339 e. The standard InChI is InChI=1S/C18H25N3O/c22-18(16-2-1-3-16)21-12-17(13-21)20(10-14-4-5-14)11-15-6-8-19-9-7-15/h6-9,14,16-17H,1-5,10-13H2. The van der Waals surface area contributed by atoms with Crippen LogP contribution in [0.4, 0.5) is 0 Å². The van der Waals surface area contributed by atoms with Gasteiger partial charge in [-0.15, -0.1) is 0 Å². The Bertz CT molecular complexity index is 518. The van der Waals surface area contributed by atoms with Gasteiger partial charge in [0.05, 0.1) is 0 Å². The van der Waals surface area contributed by atoms with Crippen molar-refractivity contribution in [3.05, 3.63) is 30.1 Å². The maximum Gasteiger partial charge on any atom is 0.225 e. The molecule has 0 bridgehead atoms. The smallest absolute Gasteiger partial charge is 0.225 e. The zero-order chi connectivity index (χ0) is 14.9. The van der Waals surface area contributed by atoms with Crippen molar-refractivity contribution >= 4 is 5.91 Å². The molecule has 4 heteroatoms. The Kier molecular flexibility index (Phi) is 3.87. The van der Waals surface area contributed by atoms with E-state index in [9.17, 15) is 4.79 Å². The van der Waals surface area contributed by atoms with E-state index in [4.69, 9.17) is 0 Å². The molecule has 0 spiro atoms. The van der Waals surface area contributed by atoms with Crippen molar-refractivity contribution in [3.63, 3.8) is 0 Å². The molecule has 22 heavy (non-hydrogen) atoms. The largest absolute Gasteiger partial charge is 0.339 e. The zero-order valence-electron chi connectivity index (χ0n) is 13.2. The van der Waals surface area contributed by atoms with Crippen LogP contribution in [0.5, 0.6) is 0 Å². The van der Waals surface area contributed by atoms with E-state index in [1.807, 2.05) is 12.4 Å². The summed E-state index contributed by atoms with van der Waals surface area (Å²) in [6.45, 7) is 4.06. The lowest BCUT2D eigenvalue weighted by atomic mass is 9.83. The first kappa shape index (κ1) is 14.2. The second kappa shape index (κ2) is 5.99. The van der Waals surface area contributed by atoms with Crippen molar-refractivity contribution in [2.75, 3.05) is 19.6 Å². The molecule has 118 valence electrons. The highest BCUT2D eigenvalue weighted by atomic mass is 16.2. The van der Waals surface area contributed by atoms with Crippen molar-refractivity contribution in [1.82, 2.24) is 14.8 Å². The summed E-state index contributed by atoms with van der Waals surface area (Å²) in [6, 6.07) is 4.77. The summed E-state index contributed by atoms with van der Waals surface area (Å²) in [4.78, 5) is 21.1. The fourth-order valence-corrected chi connectivity index (χ4v) is 3.48. The second-order valence-corrected chi connectivity index (χ2v) is 7.25. The highest BCUT2D eigenvalue weighted by molar-refractivity contribution is 5.80. The number of hydrogen-bond acceptors (Lipinski definition) is 3. The van der Waals surface area contributed by atoms with Crippen LogP contribution >= 0.6 is 0 Å². The lowest BCUT2D eigenvalue weighted by molar-refractivity contribution is -0.146. The van der Waals surface area contributed by atoms with E-state index in [0.717, 1.165) is 38.4 Å². The molecule has 2 saturated carbocycles. The van der Waals surface area contributed by atoms with Gasteiger partial charge >= 0.3 is 0 Å². The molecule has 0 aromatic carbocycles. The van der Waals surface area contributed by atoms with Gasteiger partial charge in [0, 0.05) is 50.5 Å². The molecule has 0 atom stereocenters. The van der Waals surface area contributed by atoms with Gasteiger partial charge in [-0.1, -0.05) is 6.42 Å². The molecule has 1 aromatic rings. The maximum atomic E-state index is 12.3. The van der Waals surface area contributed by atoms with Crippen molar-refractivity contribution in [1.29, 1.82) is 0 Å². The molecule has 0 unspecified atom stereocenters. The van der Waals surface area contributed by atoms with Gasteiger partial charge in [0.15, 0.2) is 0 Å². The molecule has 0 radical (unpaired) electrons. The van der Waals surface area contributed by atoms with Crippen LogP contribution in [0.15, 0.2) is 24.5 Å². The Morgan fingerprint density at radius 1 is 1.18 bits per heavy atom. The van der Waals surface area contributed by atoms with Gasteiger partial charge < -0.3 is 4.90 Å². The fourth-order valence-electron chi connectivity index (χ4n) is 3.48. The third-order valence-electron chi connectivity index (χ3n) is 5.47. The number of carbonyl (C=O) groups is 1. The molecule has 4 nitrogen and oxygen atoms in total.